The van der Waals surface area contributed by atoms with Crippen LogP contribution >= 0.6 is 0 Å². The molecule has 0 saturated heterocycles. The molecule has 2 aromatic heterocycles. The van der Waals surface area contributed by atoms with Crippen LogP contribution in [0.15, 0.2) is 59.7 Å². The van der Waals surface area contributed by atoms with Crippen LogP contribution in [0.3, 0.4) is 0 Å². The predicted molar refractivity (Wildman–Crippen MR) is 102 cm³/mol. The summed E-state index contributed by atoms with van der Waals surface area (Å²) in [6.45, 7) is 0.482. The third-order valence-electron chi connectivity index (χ3n) is 4.57. The number of aromatic nitrogens is 4. The van der Waals surface area contributed by atoms with E-state index in [1.54, 1.807) is 6.33 Å². The Bertz CT molecular complexity index is 1150. The van der Waals surface area contributed by atoms with Crippen LogP contribution in [-0.4, -0.2) is 25.4 Å². The lowest BCUT2D eigenvalue weighted by Crippen LogP contribution is -2.18. The topological polar surface area (TPSA) is 110 Å². The van der Waals surface area contributed by atoms with Gasteiger partial charge in [-0.2, -0.15) is 0 Å². The number of nitrogens with two attached hydrogens (primary N) is 1. The average Bonchev–Trinajstić information content (AvgIpc) is 3.20. The van der Waals surface area contributed by atoms with Gasteiger partial charge in [0.05, 0.1) is 41.7 Å². The fraction of sp³-hybridized carbons (Fsp3) is 0.150. The number of benzene rings is 2. The molecule has 0 aliphatic heterocycles. The minimum atomic E-state index is -0.403. The van der Waals surface area contributed by atoms with Gasteiger partial charge in [-0.1, -0.05) is 42.5 Å². The molecule has 4 aromatic rings. The van der Waals surface area contributed by atoms with Crippen molar-refractivity contribution in [3.8, 4) is 0 Å². The van der Waals surface area contributed by atoms with Crippen LogP contribution in [0.1, 0.15) is 22.5 Å². The molecular formula is C20H19N5O2. The first-order chi connectivity index (χ1) is 13.1. The molecule has 4 N–H and O–H groups in total. The fourth-order valence-electron chi connectivity index (χ4n) is 3.33. The highest BCUT2D eigenvalue weighted by molar-refractivity contribution is 5.78. The van der Waals surface area contributed by atoms with E-state index in [0.29, 0.717) is 13.0 Å². The van der Waals surface area contributed by atoms with Crippen LogP contribution in [0.4, 0.5) is 0 Å². The van der Waals surface area contributed by atoms with E-state index in [0.717, 1.165) is 33.5 Å². The van der Waals surface area contributed by atoms with Gasteiger partial charge in [0.2, 0.25) is 5.91 Å². The maximum atomic E-state index is 11.6. The van der Waals surface area contributed by atoms with Crippen molar-refractivity contribution in [3.63, 3.8) is 0 Å². The van der Waals surface area contributed by atoms with E-state index in [-0.39, 0.29) is 12.1 Å². The van der Waals surface area contributed by atoms with Gasteiger partial charge in [-0.05, 0) is 17.2 Å². The summed E-state index contributed by atoms with van der Waals surface area (Å²) in [4.78, 5) is 33.3. The Balaban J connectivity index is 1.71. The molecule has 0 aliphatic carbocycles. The lowest BCUT2D eigenvalue weighted by molar-refractivity contribution is -0.117. The number of hydrogen-bond donors (Lipinski definition) is 3. The number of hydrogen-bond acceptors (Lipinski definition) is 3. The first-order valence-electron chi connectivity index (χ1n) is 8.65. The van der Waals surface area contributed by atoms with Crippen molar-refractivity contribution in [1.82, 2.24) is 19.5 Å². The first-order valence-corrected chi connectivity index (χ1v) is 8.65. The van der Waals surface area contributed by atoms with Gasteiger partial charge in [-0.15, -0.1) is 0 Å². The molecule has 0 aliphatic rings. The lowest BCUT2D eigenvalue weighted by Gasteiger charge is -2.10. The number of fused-ring (bicyclic) bond motifs is 1. The van der Waals surface area contributed by atoms with Crippen molar-refractivity contribution in [2.24, 2.45) is 5.73 Å². The normalized spacial score (nSPS) is 11.1. The molecular weight excluding hydrogens is 342 g/mol. The van der Waals surface area contributed by atoms with E-state index in [2.05, 4.69) is 15.0 Å². The number of nitrogens with one attached hydrogen (secondary N) is 2. The van der Waals surface area contributed by atoms with Gasteiger partial charge >= 0.3 is 5.69 Å². The molecule has 7 nitrogen and oxygen atoms in total. The molecule has 0 unspecified atom stereocenters. The molecule has 2 heterocycles. The van der Waals surface area contributed by atoms with Crippen LogP contribution in [0, 0.1) is 0 Å². The summed E-state index contributed by atoms with van der Waals surface area (Å²) < 4.78 is 1.92. The summed E-state index contributed by atoms with van der Waals surface area (Å²) in [5.41, 5.74) is 10.4. The second-order valence-electron chi connectivity index (χ2n) is 6.49. The van der Waals surface area contributed by atoms with Crippen molar-refractivity contribution in [2.45, 2.75) is 19.4 Å². The van der Waals surface area contributed by atoms with Crippen LogP contribution in [-0.2, 0) is 24.2 Å². The minimum Gasteiger partial charge on any atom is -0.369 e. The van der Waals surface area contributed by atoms with Crippen LogP contribution in [0.2, 0.25) is 0 Å². The largest absolute Gasteiger partial charge is 0.369 e. The highest BCUT2D eigenvalue weighted by atomic mass is 16.1. The van der Waals surface area contributed by atoms with Crippen molar-refractivity contribution < 1.29 is 4.79 Å². The van der Waals surface area contributed by atoms with E-state index in [1.165, 1.54) is 0 Å². The Morgan fingerprint density at radius 1 is 1.07 bits per heavy atom. The summed E-state index contributed by atoms with van der Waals surface area (Å²) in [5, 5.41) is 0. The van der Waals surface area contributed by atoms with Crippen molar-refractivity contribution >= 4 is 16.9 Å². The molecule has 0 spiro atoms. The number of imidazole rings is 2. The number of para-hydroxylation sites is 1. The quantitative estimate of drug-likeness (QED) is 0.486. The van der Waals surface area contributed by atoms with E-state index in [9.17, 15) is 9.59 Å². The molecule has 0 radical (unpaired) electrons. The second kappa shape index (κ2) is 6.95. The van der Waals surface area contributed by atoms with Gasteiger partial charge < -0.3 is 20.3 Å². The number of carbonyl (C=O) groups excluding carboxylic acids is 1. The Kier molecular flexibility index (Phi) is 4.33. The van der Waals surface area contributed by atoms with Crippen LogP contribution in [0.25, 0.3) is 11.0 Å². The molecule has 1 amide bonds. The van der Waals surface area contributed by atoms with E-state index in [4.69, 9.17) is 5.73 Å². The van der Waals surface area contributed by atoms with Crippen molar-refractivity contribution in [3.05, 3.63) is 87.9 Å². The zero-order valence-corrected chi connectivity index (χ0v) is 14.6. The van der Waals surface area contributed by atoms with E-state index < -0.39 is 5.91 Å². The van der Waals surface area contributed by atoms with Gasteiger partial charge in [0.15, 0.2) is 0 Å². The molecule has 0 fully saturated rings. The second-order valence-corrected chi connectivity index (χ2v) is 6.49. The zero-order chi connectivity index (χ0) is 18.8. The maximum Gasteiger partial charge on any atom is 0.323 e. The number of carbonyl (C=O) groups is 1. The van der Waals surface area contributed by atoms with E-state index >= 15 is 0 Å². The van der Waals surface area contributed by atoms with Crippen LogP contribution < -0.4 is 11.4 Å². The SMILES string of the molecule is NC(=O)Cc1c(Cc2ccccc2)ncn1Cc1cccc2[nH]c(=O)[nH]c12. The summed E-state index contributed by atoms with van der Waals surface area (Å²) >= 11 is 0. The highest BCUT2D eigenvalue weighted by Gasteiger charge is 2.15. The first kappa shape index (κ1) is 16.8. The summed E-state index contributed by atoms with van der Waals surface area (Å²) in [6, 6.07) is 15.6. The minimum absolute atomic E-state index is 0.113. The molecule has 136 valence electrons. The van der Waals surface area contributed by atoms with Gasteiger partial charge in [-0.3, -0.25) is 4.79 Å². The smallest absolute Gasteiger partial charge is 0.323 e. The molecule has 2 aromatic carbocycles. The molecule has 0 atom stereocenters. The van der Waals surface area contributed by atoms with Gasteiger partial charge in [-0.25, -0.2) is 9.78 Å². The monoisotopic (exact) mass is 361 g/mol. The van der Waals surface area contributed by atoms with Gasteiger partial charge in [0.25, 0.3) is 0 Å². The number of aromatic amines is 2. The number of amides is 1. The maximum absolute atomic E-state index is 11.6. The standard InChI is InChI=1S/C20H19N5O2/c21-18(26)10-17-16(9-13-5-2-1-3-6-13)22-12-25(17)11-14-7-4-8-15-19(14)24-20(27)23-15/h1-8,12H,9-11H2,(H2,21,26)(H2,23,24,27). The lowest BCUT2D eigenvalue weighted by atomic mass is 10.1. The van der Waals surface area contributed by atoms with Gasteiger partial charge in [0, 0.05) is 6.42 Å². The van der Waals surface area contributed by atoms with Crippen LogP contribution in [0.5, 0.6) is 0 Å². The summed E-state index contributed by atoms with van der Waals surface area (Å²) in [5.74, 6) is -0.403. The third-order valence-corrected chi connectivity index (χ3v) is 4.57. The van der Waals surface area contributed by atoms with Crippen molar-refractivity contribution in [2.75, 3.05) is 0 Å². The number of primary amides is 1. The Labute approximate surface area is 154 Å². The third kappa shape index (κ3) is 3.52. The Morgan fingerprint density at radius 3 is 2.67 bits per heavy atom. The Morgan fingerprint density at radius 2 is 1.89 bits per heavy atom. The molecule has 27 heavy (non-hydrogen) atoms. The predicted octanol–water partition coefficient (Wildman–Crippen LogP) is 1.72. The zero-order valence-electron chi connectivity index (χ0n) is 14.6. The number of H-pyrrole nitrogens is 2. The molecule has 0 saturated carbocycles. The van der Waals surface area contributed by atoms with Crippen molar-refractivity contribution in [1.29, 1.82) is 0 Å². The fourth-order valence-corrected chi connectivity index (χ4v) is 3.33. The number of nitrogens with zero attached hydrogens (tertiary/aromatic N) is 2. The highest BCUT2D eigenvalue weighted by Crippen LogP contribution is 2.19. The molecule has 4 rings (SSSR count). The summed E-state index contributed by atoms with van der Waals surface area (Å²) in [7, 11) is 0. The van der Waals surface area contributed by atoms with Gasteiger partial charge in [0.1, 0.15) is 0 Å². The Hall–Kier alpha value is -3.61. The van der Waals surface area contributed by atoms with E-state index in [1.807, 2.05) is 53.1 Å². The summed E-state index contributed by atoms with van der Waals surface area (Å²) in [6.07, 6.45) is 2.46. The number of rotatable bonds is 6. The molecule has 7 heteroatoms. The average molecular weight is 361 g/mol. The molecule has 0 bridgehead atoms.